The zero-order valence-corrected chi connectivity index (χ0v) is 15.6. The summed E-state index contributed by atoms with van der Waals surface area (Å²) in [4.78, 5) is 28.6. The van der Waals surface area contributed by atoms with Crippen LogP contribution < -0.4 is 10.6 Å². The number of aromatic amines is 1. The van der Waals surface area contributed by atoms with Crippen molar-refractivity contribution in [3.8, 4) is 0 Å². The lowest BCUT2D eigenvalue weighted by atomic mass is 10.1. The fourth-order valence-electron chi connectivity index (χ4n) is 2.87. The summed E-state index contributed by atoms with van der Waals surface area (Å²) in [5.74, 6) is 0.387. The first-order chi connectivity index (χ1) is 13.1. The van der Waals surface area contributed by atoms with Gasteiger partial charge in [-0.15, -0.1) is 0 Å². The molecule has 140 valence electrons. The lowest BCUT2D eigenvalue weighted by Crippen LogP contribution is -2.42. The number of carbonyl (C=O) groups excluding carboxylic acids is 1. The van der Waals surface area contributed by atoms with Crippen LogP contribution in [0.2, 0.25) is 0 Å². The monoisotopic (exact) mass is 364 g/mol. The third-order valence-corrected chi connectivity index (χ3v) is 4.13. The number of benzene rings is 1. The highest BCUT2D eigenvalue weighted by Crippen LogP contribution is 2.10. The van der Waals surface area contributed by atoms with Crippen LogP contribution in [0.15, 0.2) is 48.9 Å². The van der Waals surface area contributed by atoms with Gasteiger partial charge in [0.1, 0.15) is 6.04 Å². The van der Waals surface area contributed by atoms with E-state index < -0.39 is 6.04 Å². The number of nitrogens with zero attached hydrogens (tertiary/aromatic N) is 3. The SMILES string of the molecule is Cc1cc(C)nc(N[C@@H](Cc2ccccc2)C(=O)NCCc2cnc[nH]2)n1. The molecule has 3 aromatic rings. The van der Waals surface area contributed by atoms with Crippen LogP contribution in [0, 0.1) is 13.8 Å². The number of aryl methyl sites for hydroxylation is 2. The zero-order valence-electron chi connectivity index (χ0n) is 15.6. The maximum absolute atomic E-state index is 12.8. The molecule has 1 atom stereocenters. The predicted molar refractivity (Wildman–Crippen MR) is 104 cm³/mol. The smallest absolute Gasteiger partial charge is 0.242 e. The van der Waals surface area contributed by atoms with E-state index >= 15 is 0 Å². The highest BCUT2D eigenvalue weighted by Gasteiger charge is 2.20. The molecule has 1 amide bonds. The van der Waals surface area contributed by atoms with E-state index in [4.69, 9.17) is 0 Å². The van der Waals surface area contributed by atoms with Crippen molar-refractivity contribution in [1.29, 1.82) is 0 Å². The van der Waals surface area contributed by atoms with Crippen LogP contribution in [-0.4, -0.2) is 38.4 Å². The molecule has 0 bridgehead atoms. The van der Waals surface area contributed by atoms with Crippen molar-refractivity contribution in [1.82, 2.24) is 25.3 Å². The van der Waals surface area contributed by atoms with Gasteiger partial charge in [0, 0.05) is 42.7 Å². The Morgan fingerprint density at radius 1 is 1.15 bits per heavy atom. The molecule has 0 fully saturated rings. The summed E-state index contributed by atoms with van der Waals surface area (Å²) >= 11 is 0. The van der Waals surface area contributed by atoms with Crippen LogP contribution in [0.4, 0.5) is 5.95 Å². The molecule has 7 nitrogen and oxygen atoms in total. The molecule has 7 heteroatoms. The van der Waals surface area contributed by atoms with Crippen molar-refractivity contribution in [3.05, 3.63) is 71.6 Å². The van der Waals surface area contributed by atoms with Crippen molar-refractivity contribution in [3.63, 3.8) is 0 Å². The van der Waals surface area contributed by atoms with Crippen LogP contribution in [-0.2, 0) is 17.6 Å². The highest BCUT2D eigenvalue weighted by atomic mass is 16.2. The average molecular weight is 364 g/mol. The molecule has 0 spiro atoms. The molecular weight excluding hydrogens is 340 g/mol. The quantitative estimate of drug-likeness (QED) is 0.569. The molecule has 3 N–H and O–H groups in total. The molecule has 0 saturated carbocycles. The van der Waals surface area contributed by atoms with Gasteiger partial charge in [0.05, 0.1) is 6.33 Å². The van der Waals surface area contributed by atoms with Gasteiger partial charge >= 0.3 is 0 Å². The van der Waals surface area contributed by atoms with Crippen LogP contribution in [0.1, 0.15) is 22.6 Å². The minimum absolute atomic E-state index is 0.0823. The zero-order chi connectivity index (χ0) is 19.1. The van der Waals surface area contributed by atoms with E-state index in [0.717, 1.165) is 22.6 Å². The molecule has 0 radical (unpaired) electrons. The summed E-state index contributed by atoms with van der Waals surface area (Å²) in [6.07, 6.45) is 4.64. The van der Waals surface area contributed by atoms with Crippen molar-refractivity contribution < 1.29 is 4.79 Å². The van der Waals surface area contributed by atoms with Gasteiger partial charge < -0.3 is 15.6 Å². The van der Waals surface area contributed by atoms with Gasteiger partial charge in [-0.2, -0.15) is 0 Å². The second-order valence-corrected chi connectivity index (χ2v) is 6.48. The second kappa shape index (κ2) is 8.93. The number of rotatable bonds is 8. The molecule has 2 heterocycles. The van der Waals surface area contributed by atoms with E-state index in [9.17, 15) is 4.79 Å². The van der Waals surface area contributed by atoms with Gasteiger partial charge in [-0.3, -0.25) is 4.79 Å². The summed E-state index contributed by atoms with van der Waals surface area (Å²) in [5.41, 5.74) is 3.79. The molecule has 0 saturated heterocycles. The van der Waals surface area contributed by atoms with Gasteiger partial charge in [0.2, 0.25) is 11.9 Å². The van der Waals surface area contributed by atoms with E-state index in [-0.39, 0.29) is 5.91 Å². The molecule has 27 heavy (non-hydrogen) atoms. The third kappa shape index (κ3) is 5.64. The molecule has 2 aromatic heterocycles. The number of hydrogen-bond acceptors (Lipinski definition) is 5. The van der Waals surface area contributed by atoms with Crippen LogP contribution >= 0.6 is 0 Å². The molecule has 0 unspecified atom stereocenters. The van der Waals surface area contributed by atoms with E-state index in [1.54, 1.807) is 12.5 Å². The van der Waals surface area contributed by atoms with Gasteiger partial charge in [-0.05, 0) is 25.5 Å². The van der Waals surface area contributed by atoms with E-state index in [2.05, 4.69) is 30.6 Å². The Morgan fingerprint density at radius 2 is 1.89 bits per heavy atom. The Kier molecular flexibility index (Phi) is 6.14. The first kappa shape index (κ1) is 18.6. The number of carbonyl (C=O) groups is 1. The summed E-state index contributed by atoms with van der Waals surface area (Å²) < 4.78 is 0. The molecule has 0 aliphatic rings. The van der Waals surface area contributed by atoms with E-state index in [1.165, 1.54) is 0 Å². The van der Waals surface area contributed by atoms with Crippen molar-refractivity contribution in [2.45, 2.75) is 32.7 Å². The largest absolute Gasteiger partial charge is 0.354 e. The number of aromatic nitrogens is 4. The molecule has 0 aliphatic carbocycles. The molecule has 0 aliphatic heterocycles. The molecule has 1 aromatic carbocycles. The minimum atomic E-state index is -0.463. The normalized spacial score (nSPS) is 11.8. The lowest BCUT2D eigenvalue weighted by Gasteiger charge is -2.19. The second-order valence-electron chi connectivity index (χ2n) is 6.48. The fraction of sp³-hybridized carbons (Fsp3) is 0.300. The predicted octanol–water partition coefficient (Wildman–Crippen LogP) is 2.20. The molecule has 3 rings (SSSR count). The van der Waals surface area contributed by atoms with Crippen LogP contribution in [0.5, 0.6) is 0 Å². The Labute approximate surface area is 158 Å². The first-order valence-electron chi connectivity index (χ1n) is 8.98. The minimum Gasteiger partial charge on any atom is -0.354 e. The van der Waals surface area contributed by atoms with Crippen molar-refractivity contribution in [2.24, 2.45) is 0 Å². The fourth-order valence-corrected chi connectivity index (χ4v) is 2.87. The van der Waals surface area contributed by atoms with Gasteiger partial charge in [-0.1, -0.05) is 30.3 Å². The first-order valence-corrected chi connectivity index (χ1v) is 8.98. The number of nitrogens with one attached hydrogen (secondary N) is 3. The van der Waals surface area contributed by atoms with Gasteiger partial charge in [-0.25, -0.2) is 15.0 Å². The Hall–Kier alpha value is -3.22. The van der Waals surface area contributed by atoms with Crippen LogP contribution in [0.3, 0.4) is 0 Å². The summed E-state index contributed by atoms with van der Waals surface area (Å²) in [7, 11) is 0. The number of H-pyrrole nitrogens is 1. The number of amides is 1. The average Bonchev–Trinajstić information content (AvgIpc) is 3.14. The van der Waals surface area contributed by atoms with Crippen LogP contribution in [0.25, 0.3) is 0 Å². The Morgan fingerprint density at radius 3 is 2.56 bits per heavy atom. The Bertz CT molecular complexity index is 843. The number of imidazole rings is 1. The van der Waals surface area contributed by atoms with E-state index in [1.807, 2.05) is 50.2 Å². The number of anilines is 1. The number of hydrogen-bond donors (Lipinski definition) is 3. The summed E-state index contributed by atoms with van der Waals surface area (Å²) in [6, 6.07) is 11.4. The van der Waals surface area contributed by atoms with Gasteiger partial charge in [0.15, 0.2) is 0 Å². The summed E-state index contributed by atoms with van der Waals surface area (Å²) in [6.45, 7) is 4.36. The maximum atomic E-state index is 12.8. The lowest BCUT2D eigenvalue weighted by molar-refractivity contribution is -0.121. The maximum Gasteiger partial charge on any atom is 0.242 e. The Balaban J connectivity index is 1.68. The third-order valence-electron chi connectivity index (χ3n) is 4.13. The molecular formula is C20H24N6O. The summed E-state index contributed by atoms with van der Waals surface area (Å²) in [5, 5.41) is 6.18. The van der Waals surface area contributed by atoms with E-state index in [0.29, 0.717) is 25.3 Å². The highest BCUT2D eigenvalue weighted by molar-refractivity contribution is 5.84. The van der Waals surface area contributed by atoms with Crippen molar-refractivity contribution in [2.75, 3.05) is 11.9 Å². The van der Waals surface area contributed by atoms with Crippen molar-refractivity contribution >= 4 is 11.9 Å². The van der Waals surface area contributed by atoms with Gasteiger partial charge in [0.25, 0.3) is 0 Å². The topological polar surface area (TPSA) is 95.6 Å². The standard InChI is InChI=1S/C20H24N6O/c1-14-10-15(2)25-20(24-14)26-18(11-16-6-4-3-5-7-16)19(27)22-9-8-17-12-21-13-23-17/h3-7,10,12-13,18H,8-9,11H2,1-2H3,(H,21,23)(H,22,27)(H,24,25,26)/t18-/m0/s1.